The molecule has 3 atom stereocenters. The molecule has 0 aliphatic carbocycles. The van der Waals surface area contributed by atoms with Crippen molar-refractivity contribution in [3.05, 3.63) is 46.7 Å². The zero-order valence-corrected chi connectivity index (χ0v) is 20.7. The number of rotatable bonds is 6. The molecule has 1 fully saturated rings. The first-order chi connectivity index (χ1) is 16.2. The maximum Gasteiger partial charge on any atom is 0.413 e. The van der Waals surface area contributed by atoms with E-state index < -0.39 is 12.2 Å². The van der Waals surface area contributed by atoms with E-state index in [0.29, 0.717) is 37.0 Å². The number of carbonyl (C=O) groups is 2. The molecule has 0 radical (unpaired) electrons. The molecule has 2 aliphatic rings. The van der Waals surface area contributed by atoms with E-state index >= 15 is 0 Å². The Morgan fingerprint density at radius 2 is 1.97 bits per heavy atom. The highest BCUT2D eigenvalue weighted by Gasteiger charge is 2.36. The highest BCUT2D eigenvalue weighted by Crippen LogP contribution is 2.36. The Kier molecular flexibility index (Phi) is 7.23. The molecule has 1 aromatic heterocycles. The lowest BCUT2D eigenvalue weighted by Crippen LogP contribution is -2.56. The molecule has 2 amide bonds. The summed E-state index contributed by atoms with van der Waals surface area (Å²) in [7, 11) is 0. The van der Waals surface area contributed by atoms with Crippen molar-refractivity contribution in [2.24, 2.45) is 0 Å². The van der Waals surface area contributed by atoms with Gasteiger partial charge in [-0.15, -0.1) is 0 Å². The molecule has 9 nitrogen and oxygen atoms in total. The summed E-state index contributed by atoms with van der Waals surface area (Å²) >= 11 is 6.08. The van der Waals surface area contributed by atoms with E-state index in [0.717, 1.165) is 16.9 Å². The van der Waals surface area contributed by atoms with Crippen molar-refractivity contribution in [1.82, 2.24) is 20.2 Å². The predicted molar refractivity (Wildman–Crippen MR) is 131 cm³/mol. The Labute approximate surface area is 204 Å². The van der Waals surface area contributed by atoms with Crippen LogP contribution < -0.4 is 15.5 Å². The molecular weight excluding hydrogens is 456 g/mol. The summed E-state index contributed by atoms with van der Waals surface area (Å²) in [6.07, 6.45) is 0.478. The van der Waals surface area contributed by atoms with Crippen LogP contribution in [0.1, 0.15) is 50.8 Å². The maximum absolute atomic E-state index is 13.7. The van der Waals surface area contributed by atoms with Gasteiger partial charge in [0.25, 0.3) is 0 Å². The Morgan fingerprint density at radius 1 is 1.24 bits per heavy atom. The number of cyclic esters (lactones) is 1. The Balaban J connectivity index is 1.52. The van der Waals surface area contributed by atoms with Gasteiger partial charge in [0.05, 0.1) is 11.5 Å². The van der Waals surface area contributed by atoms with Crippen molar-refractivity contribution < 1.29 is 14.3 Å². The number of fused-ring (bicyclic) bond motifs is 1. The number of benzene rings is 1. The lowest BCUT2D eigenvalue weighted by molar-refractivity contribution is -0.135. The molecule has 4 rings (SSSR count). The van der Waals surface area contributed by atoms with Crippen LogP contribution in [0.3, 0.4) is 0 Å². The molecule has 2 aromatic rings. The van der Waals surface area contributed by atoms with Gasteiger partial charge in [-0.3, -0.25) is 10.1 Å². The number of nitrogens with zero attached hydrogens (tertiary/aromatic N) is 4. The van der Waals surface area contributed by atoms with Crippen LogP contribution in [0.2, 0.25) is 5.02 Å². The van der Waals surface area contributed by atoms with Crippen LogP contribution in [0.15, 0.2) is 30.6 Å². The minimum atomic E-state index is -0.517. The van der Waals surface area contributed by atoms with E-state index in [1.54, 1.807) is 0 Å². The van der Waals surface area contributed by atoms with Gasteiger partial charge in [0.15, 0.2) is 0 Å². The molecule has 2 N–H and O–H groups in total. The predicted octanol–water partition coefficient (Wildman–Crippen LogP) is 3.57. The first-order valence-corrected chi connectivity index (χ1v) is 12.0. The van der Waals surface area contributed by atoms with Crippen molar-refractivity contribution in [3.63, 3.8) is 0 Å². The molecule has 3 heterocycles. The van der Waals surface area contributed by atoms with Crippen LogP contribution >= 0.6 is 11.6 Å². The van der Waals surface area contributed by atoms with Gasteiger partial charge in [-0.05, 0) is 31.5 Å². The van der Waals surface area contributed by atoms with E-state index in [2.05, 4.69) is 39.3 Å². The smallest absolute Gasteiger partial charge is 0.413 e. The monoisotopic (exact) mass is 486 g/mol. The fraction of sp³-hybridized carbons (Fsp3) is 0.500. The van der Waals surface area contributed by atoms with Gasteiger partial charge in [-0.25, -0.2) is 14.8 Å². The number of amides is 2. The summed E-state index contributed by atoms with van der Waals surface area (Å²) in [4.78, 5) is 38.2. The number of hydrogen-bond acceptors (Lipinski definition) is 7. The van der Waals surface area contributed by atoms with Crippen LogP contribution in [-0.4, -0.2) is 65.1 Å². The fourth-order valence-corrected chi connectivity index (χ4v) is 4.66. The van der Waals surface area contributed by atoms with E-state index in [1.165, 1.54) is 6.33 Å². The van der Waals surface area contributed by atoms with Gasteiger partial charge in [0, 0.05) is 43.3 Å². The second kappa shape index (κ2) is 10.1. The lowest BCUT2D eigenvalue weighted by atomic mass is 9.95. The minimum Gasteiger partial charge on any atom is -0.441 e. The maximum atomic E-state index is 13.7. The van der Waals surface area contributed by atoms with Crippen LogP contribution in [0.4, 0.5) is 16.4 Å². The van der Waals surface area contributed by atoms with Gasteiger partial charge < -0.3 is 19.9 Å². The molecule has 34 heavy (non-hydrogen) atoms. The quantitative estimate of drug-likeness (QED) is 0.643. The van der Waals surface area contributed by atoms with Gasteiger partial charge in [0.2, 0.25) is 5.91 Å². The molecule has 182 valence electrons. The summed E-state index contributed by atoms with van der Waals surface area (Å²) in [5.41, 5.74) is 1.71. The summed E-state index contributed by atoms with van der Waals surface area (Å²) in [6.45, 7) is 10.3. The van der Waals surface area contributed by atoms with Crippen molar-refractivity contribution in [3.8, 4) is 0 Å². The average molecular weight is 487 g/mol. The number of piperazine rings is 1. The third-order valence-corrected chi connectivity index (χ3v) is 6.54. The van der Waals surface area contributed by atoms with Crippen LogP contribution in [0, 0.1) is 0 Å². The number of ether oxygens (including phenoxy) is 1. The van der Waals surface area contributed by atoms with Crippen molar-refractivity contribution in [1.29, 1.82) is 0 Å². The summed E-state index contributed by atoms with van der Waals surface area (Å²) in [5, 5.41) is 6.71. The summed E-state index contributed by atoms with van der Waals surface area (Å²) < 4.78 is 5.33. The van der Waals surface area contributed by atoms with Crippen LogP contribution in [0.25, 0.3) is 0 Å². The van der Waals surface area contributed by atoms with E-state index in [-0.39, 0.29) is 23.9 Å². The van der Waals surface area contributed by atoms with Gasteiger partial charge in [0.1, 0.15) is 24.1 Å². The Bertz CT molecular complexity index is 1050. The molecule has 1 saturated heterocycles. The Morgan fingerprint density at radius 3 is 2.65 bits per heavy atom. The molecule has 0 unspecified atom stereocenters. The second-order valence-electron chi connectivity index (χ2n) is 9.13. The fourth-order valence-electron chi connectivity index (χ4n) is 4.53. The number of aromatic nitrogens is 2. The average Bonchev–Trinajstić information content (AvgIpc) is 2.79. The molecule has 0 bridgehead atoms. The molecule has 10 heteroatoms. The Hall–Kier alpha value is -2.91. The third kappa shape index (κ3) is 5.10. The van der Waals surface area contributed by atoms with Crippen molar-refractivity contribution in [2.75, 3.05) is 36.4 Å². The van der Waals surface area contributed by atoms with Gasteiger partial charge >= 0.3 is 6.09 Å². The second-order valence-corrected chi connectivity index (χ2v) is 9.56. The van der Waals surface area contributed by atoms with Gasteiger partial charge in [-0.2, -0.15) is 0 Å². The van der Waals surface area contributed by atoms with Crippen molar-refractivity contribution >= 4 is 35.2 Å². The first-order valence-electron chi connectivity index (χ1n) is 11.6. The molecule has 1 aromatic carbocycles. The van der Waals surface area contributed by atoms with E-state index in [1.807, 2.05) is 43.0 Å². The highest BCUT2D eigenvalue weighted by atomic mass is 35.5. The molecule has 0 spiro atoms. The number of halogens is 1. The standard InChI is InChI=1S/C24H31ClN6O3/c1-14(2)26-11-19(17-5-7-18(25)8-6-17)23(32)31-10-9-30(12-15(31)3)22-20-16(4)34-24(33)29-21(20)27-13-28-22/h5-8,13-16,19,26H,9-12H2,1-4H3,(H,27,28,29,33)/t15-,16-,19-/m1/s1. The number of hydrogen-bond donors (Lipinski definition) is 2. The SMILES string of the molecule is CC(C)NC[C@@H](C(=O)N1CCN(c2ncnc3c2[C@@H](C)OC(=O)N3)C[C@H]1C)c1ccc(Cl)cc1. The zero-order chi connectivity index (χ0) is 24.4. The van der Waals surface area contributed by atoms with Crippen LogP contribution in [0.5, 0.6) is 0 Å². The largest absolute Gasteiger partial charge is 0.441 e. The zero-order valence-electron chi connectivity index (χ0n) is 19.9. The number of carbonyl (C=O) groups excluding carboxylic acids is 2. The normalized spacial score (nSPS) is 21.1. The molecular formula is C24H31ClN6O3. The molecule has 2 aliphatic heterocycles. The summed E-state index contributed by atoms with van der Waals surface area (Å²) in [5.74, 6) is 0.995. The molecule has 0 saturated carbocycles. The van der Waals surface area contributed by atoms with Gasteiger partial charge in [-0.1, -0.05) is 37.6 Å². The van der Waals surface area contributed by atoms with E-state index in [9.17, 15) is 9.59 Å². The lowest BCUT2D eigenvalue weighted by Gasteiger charge is -2.42. The third-order valence-electron chi connectivity index (χ3n) is 6.28. The minimum absolute atomic E-state index is 0.0323. The number of nitrogens with one attached hydrogen (secondary N) is 2. The van der Waals surface area contributed by atoms with Crippen molar-refractivity contribution in [2.45, 2.75) is 51.8 Å². The van der Waals surface area contributed by atoms with Crippen LogP contribution in [-0.2, 0) is 9.53 Å². The van der Waals surface area contributed by atoms with E-state index in [4.69, 9.17) is 16.3 Å². The first kappa shape index (κ1) is 24.2. The highest BCUT2D eigenvalue weighted by molar-refractivity contribution is 6.30. The topological polar surface area (TPSA) is 99.7 Å². The summed E-state index contributed by atoms with van der Waals surface area (Å²) in [6, 6.07) is 7.75. The number of anilines is 2.